The second-order valence-corrected chi connectivity index (χ2v) is 5.50. The zero-order valence-corrected chi connectivity index (χ0v) is 12.3. The quantitative estimate of drug-likeness (QED) is 0.761. The third-order valence-electron chi connectivity index (χ3n) is 3.18. The third kappa shape index (κ3) is 4.16. The predicted octanol–water partition coefficient (Wildman–Crippen LogP) is 2.07. The number of hydrogen-bond donors (Lipinski definition) is 3. The van der Waals surface area contributed by atoms with Crippen LogP contribution in [0.5, 0.6) is 0 Å². The first-order chi connectivity index (χ1) is 10.1. The van der Waals surface area contributed by atoms with Gasteiger partial charge in [0, 0.05) is 5.69 Å². The molecule has 1 aromatic carbocycles. The maximum Gasteiger partial charge on any atom is 0.272 e. The molecule has 0 aliphatic carbocycles. The molecule has 0 saturated heterocycles. The monoisotopic (exact) mass is 287 g/mol. The van der Waals surface area contributed by atoms with Crippen LogP contribution in [0, 0.1) is 5.92 Å². The third-order valence-corrected chi connectivity index (χ3v) is 3.18. The Morgan fingerprint density at radius 3 is 2.67 bits per heavy atom. The Labute approximate surface area is 124 Å². The fourth-order valence-electron chi connectivity index (χ4n) is 2.17. The maximum atomic E-state index is 12.2. The summed E-state index contributed by atoms with van der Waals surface area (Å²) in [5, 5.41) is 19.2. The van der Waals surface area contributed by atoms with E-state index >= 15 is 0 Å². The predicted molar refractivity (Wildman–Crippen MR) is 80.9 cm³/mol. The van der Waals surface area contributed by atoms with E-state index in [1.165, 1.54) is 0 Å². The van der Waals surface area contributed by atoms with Crippen LogP contribution < -0.4 is 5.32 Å². The minimum atomic E-state index is -0.427. The maximum absolute atomic E-state index is 12.2. The molecule has 1 heterocycles. The average molecular weight is 287 g/mol. The first-order valence-corrected chi connectivity index (χ1v) is 7.11. The molecule has 1 amide bonds. The second-order valence-electron chi connectivity index (χ2n) is 5.50. The van der Waals surface area contributed by atoms with E-state index in [1.54, 1.807) is 6.07 Å². The smallest absolute Gasteiger partial charge is 0.272 e. The van der Waals surface area contributed by atoms with E-state index in [4.69, 9.17) is 0 Å². The van der Waals surface area contributed by atoms with Crippen LogP contribution in [0.2, 0.25) is 0 Å². The number of carbonyl (C=O) groups is 1. The Hall–Kier alpha value is -2.14. The number of nitrogens with one attached hydrogen (secondary N) is 2. The topological polar surface area (TPSA) is 78.0 Å². The molecule has 2 rings (SSSR count). The van der Waals surface area contributed by atoms with E-state index < -0.39 is 6.04 Å². The number of aromatic amines is 1. The lowest BCUT2D eigenvalue weighted by molar-refractivity contribution is 0.0911. The van der Waals surface area contributed by atoms with Gasteiger partial charge in [0.1, 0.15) is 5.69 Å². The number of aromatic nitrogens is 2. The van der Waals surface area contributed by atoms with E-state index in [0.29, 0.717) is 11.6 Å². The molecule has 0 aliphatic rings. The van der Waals surface area contributed by atoms with Crippen LogP contribution >= 0.6 is 0 Å². The molecule has 21 heavy (non-hydrogen) atoms. The molecule has 112 valence electrons. The molecule has 5 heteroatoms. The van der Waals surface area contributed by atoms with Crippen molar-refractivity contribution in [2.75, 3.05) is 6.61 Å². The number of hydrogen-bond acceptors (Lipinski definition) is 3. The van der Waals surface area contributed by atoms with E-state index in [-0.39, 0.29) is 12.5 Å². The van der Waals surface area contributed by atoms with Gasteiger partial charge in [0.05, 0.1) is 12.6 Å². The van der Waals surface area contributed by atoms with Gasteiger partial charge in [-0.3, -0.25) is 9.89 Å². The van der Waals surface area contributed by atoms with Gasteiger partial charge in [-0.15, -0.1) is 0 Å². The summed E-state index contributed by atoms with van der Waals surface area (Å²) in [7, 11) is 0. The molecule has 2 aromatic rings. The summed E-state index contributed by atoms with van der Waals surface area (Å²) in [5.41, 5.74) is 2.15. The molecule has 5 nitrogen and oxygen atoms in total. The first-order valence-electron chi connectivity index (χ1n) is 7.11. The first kappa shape index (κ1) is 15.3. The van der Waals surface area contributed by atoms with Gasteiger partial charge in [-0.2, -0.15) is 5.10 Å². The van der Waals surface area contributed by atoms with Crippen molar-refractivity contribution < 1.29 is 9.90 Å². The number of benzene rings is 1. The number of amides is 1. The second kappa shape index (κ2) is 7.04. The van der Waals surface area contributed by atoms with Gasteiger partial charge in [0.25, 0.3) is 5.91 Å². The molecule has 0 spiro atoms. The van der Waals surface area contributed by atoms with Gasteiger partial charge in [0.2, 0.25) is 0 Å². The van der Waals surface area contributed by atoms with Gasteiger partial charge >= 0.3 is 0 Å². The summed E-state index contributed by atoms with van der Waals surface area (Å²) in [4.78, 5) is 12.2. The van der Waals surface area contributed by atoms with Crippen molar-refractivity contribution in [2.24, 2.45) is 5.92 Å². The zero-order chi connectivity index (χ0) is 15.2. The Morgan fingerprint density at radius 1 is 1.33 bits per heavy atom. The molecule has 0 unspecified atom stereocenters. The molecule has 1 aromatic heterocycles. The van der Waals surface area contributed by atoms with Crippen LogP contribution in [0.4, 0.5) is 0 Å². The Kier molecular flexibility index (Phi) is 5.11. The Balaban J connectivity index is 2.04. The van der Waals surface area contributed by atoms with E-state index in [0.717, 1.165) is 17.7 Å². The van der Waals surface area contributed by atoms with E-state index in [9.17, 15) is 9.90 Å². The van der Waals surface area contributed by atoms with Crippen LogP contribution in [-0.2, 0) is 6.42 Å². The van der Waals surface area contributed by atoms with Gasteiger partial charge in [-0.25, -0.2) is 0 Å². The zero-order valence-electron chi connectivity index (χ0n) is 12.3. The van der Waals surface area contributed by atoms with Gasteiger partial charge in [-0.1, -0.05) is 44.2 Å². The molecule has 0 bridgehead atoms. The number of aliphatic hydroxyl groups excluding tert-OH is 1. The highest BCUT2D eigenvalue weighted by atomic mass is 16.3. The molecule has 1 atom stereocenters. The lowest BCUT2D eigenvalue weighted by Crippen LogP contribution is -2.31. The lowest BCUT2D eigenvalue weighted by atomic mass is 10.1. The molecular weight excluding hydrogens is 266 g/mol. The van der Waals surface area contributed by atoms with Crippen molar-refractivity contribution in [2.45, 2.75) is 26.3 Å². The van der Waals surface area contributed by atoms with E-state index in [1.807, 2.05) is 30.3 Å². The minimum absolute atomic E-state index is 0.154. The normalized spacial score (nSPS) is 12.4. The SMILES string of the molecule is CC(C)Cc1cc(C(=O)N[C@H](CO)c2ccccc2)n[nH]1. The standard InChI is InChI=1S/C16H21N3O2/c1-11(2)8-13-9-14(19-18-13)16(21)17-15(10-20)12-6-4-3-5-7-12/h3-7,9,11,15,20H,8,10H2,1-2H3,(H,17,21)(H,18,19)/t15-/m1/s1. The highest BCUT2D eigenvalue weighted by molar-refractivity contribution is 5.92. The van der Waals surface area contributed by atoms with Gasteiger partial charge < -0.3 is 10.4 Å². The van der Waals surface area contributed by atoms with Crippen molar-refractivity contribution in [1.29, 1.82) is 0 Å². The summed E-state index contributed by atoms with van der Waals surface area (Å²) in [6, 6.07) is 10.7. The molecule has 0 fully saturated rings. The average Bonchev–Trinajstić information content (AvgIpc) is 2.93. The highest BCUT2D eigenvalue weighted by Gasteiger charge is 2.17. The van der Waals surface area contributed by atoms with Gasteiger partial charge in [-0.05, 0) is 24.0 Å². The van der Waals surface area contributed by atoms with Gasteiger partial charge in [0.15, 0.2) is 0 Å². The number of rotatable bonds is 6. The van der Waals surface area contributed by atoms with Crippen LogP contribution in [0.1, 0.15) is 41.6 Å². The molecule has 3 N–H and O–H groups in total. The summed E-state index contributed by atoms with van der Waals surface area (Å²) in [6.45, 7) is 4.06. The Morgan fingerprint density at radius 2 is 2.05 bits per heavy atom. The van der Waals surface area contributed by atoms with Crippen molar-refractivity contribution >= 4 is 5.91 Å². The molecule has 0 saturated carbocycles. The number of carbonyl (C=O) groups excluding carboxylic acids is 1. The highest BCUT2D eigenvalue weighted by Crippen LogP contribution is 2.13. The largest absolute Gasteiger partial charge is 0.394 e. The molecule has 0 aliphatic heterocycles. The number of H-pyrrole nitrogens is 1. The van der Waals surface area contributed by atoms with Crippen molar-refractivity contribution in [1.82, 2.24) is 15.5 Å². The van der Waals surface area contributed by atoms with E-state index in [2.05, 4.69) is 29.4 Å². The minimum Gasteiger partial charge on any atom is -0.394 e. The summed E-state index contributed by atoms with van der Waals surface area (Å²) < 4.78 is 0. The summed E-state index contributed by atoms with van der Waals surface area (Å²) in [5.74, 6) is 0.208. The van der Waals surface area contributed by atoms with Crippen LogP contribution in [0.25, 0.3) is 0 Å². The van der Waals surface area contributed by atoms with Crippen LogP contribution in [-0.4, -0.2) is 27.8 Å². The Bertz CT molecular complexity index is 578. The van der Waals surface area contributed by atoms with Crippen LogP contribution in [0.3, 0.4) is 0 Å². The summed E-state index contributed by atoms with van der Waals surface area (Å²) >= 11 is 0. The van der Waals surface area contributed by atoms with Crippen molar-refractivity contribution in [3.8, 4) is 0 Å². The molecular formula is C16H21N3O2. The fraction of sp³-hybridized carbons (Fsp3) is 0.375. The molecule has 0 radical (unpaired) electrons. The number of aliphatic hydroxyl groups is 1. The lowest BCUT2D eigenvalue weighted by Gasteiger charge is -2.15. The summed E-state index contributed by atoms with van der Waals surface area (Å²) in [6.07, 6.45) is 0.850. The fourth-order valence-corrected chi connectivity index (χ4v) is 2.17. The van der Waals surface area contributed by atoms with Crippen molar-refractivity contribution in [3.05, 3.63) is 53.3 Å². The number of nitrogens with zero attached hydrogens (tertiary/aromatic N) is 1. The van der Waals surface area contributed by atoms with Crippen molar-refractivity contribution in [3.63, 3.8) is 0 Å². The van der Waals surface area contributed by atoms with Crippen LogP contribution in [0.15, 0.2) is 36.4 Å².